The molecule has 1 aliphatic rings. The molecule has 0 aromatic heterocycles. The molecule has 0 aliphatic heterocycles. The summed E-state index contributed by atoms with van der Waals surface area (Å²) in [7, 11) is 0. The minimum absolute atomic E-state index is 0.327. The van der Waals surface area contributed by atoms with Gasteiger partial charge >= 0.3 is 0 Å². The summed E-state index contributed by atoms with van der Waals surface area (Å²) in [5.41, 5.74) is 2.94. The molecule has 0 fully saturated rings. The van der Waals surface area contributed by atoms with E-state index in [1.165, 1.54) is 22.0 Å². The van der Waals surface area contributed by atoms with Crippen LogP contribution in [-0.2, 0) is 12.8 Å². The predicted octanol–water partition coefficient (Wildman–Crippen LogP) is 2.94. The fraction of sp³-hybridized carbons (Fsp3) is 0.500. The third-order valence-corrected chi connectivity index (χ3v) is 3.81. The Labute approximate surface area is 93.3 Å². The molecule has 0 bridgehead atoms. The van der Waals surface area contributed by atoms with E-state index in [2.05, 4.69) is 34.1 Å². The summed E-state index contributed by atoms with van der Waals surface area (Å²) in [5, 5.41) is 8.91. The molecule has 1 aromatic rings. The van der Waals surface area contributed by atoms with Crippen molar-refractivity contribution in [2.75, 3.05) is 6.61 Å². The Morgan fingerprint density at radius 1 is 1.43 bits per heavy atom. The number of fused-ring (bicyclic) bond motifs is 1. The maximum atomic E-state index is 8.91. The molecule has 14 heavy (non-hydrogen) atoms. The molecule has 2 rings (SSSR count). The van der Waals surface area contributed by atoms with Crippen molar-refractivity contribution in [1.82, 2.24) is 0 Å². The van der Waals surface area contributed by atoms with Crippen LogP contribution in [0.5, 0.6) is 0 Å². The van der Waals surface area contributed by atoms with Crippen molar-refractivity contribution in [3.05, 3.63) is 33.8 Å². The Balaban J connectivity index is 2.18. The smallest absolute Gasteiger partial charge is 0.0433 e. The van der Waals surface area contributed by atoms with Gasteiger partial charge in [0.05, 0.1) is 0 Å². The van der Waals surface area contributed by atoms with Crippen molar-refractivity contribution in [2.24, 2.45) is 5.92 Å². The first-order valence-electron chi connectivity index (χ1n) is 5.18. The molecule has 1 atom stereocenters. The van der Waals surface area contributed by atoms with Gasteiger partial charge in [-0.05, 0) is 48.8 Å². The van der Waals surface area contributed by atoms with E-state index in [4.69, 9.17) is 5.11 Å². The molecule has 1 unspecified atom stereocenters. The summed E-state index contributed by atoms with van der Waals surface area (Å²) < 4.78 is 1.25. The maximum absolute atomic E-state index is 8.91. The summed E-state index contributed by atoms with van der Waals surface area (Å²) in [6.45, 7) is 0.327. The molecule has 0 amide bonds. The monoisotopic (exact) mass is 254 g/mol. The van der Waals surface area contributed by atoms with Crippen LogP contribution in [0.15, 0.2) is 22.7 Å². The van der Waals surface area contributed by atoms with Gasteiger partial charge in [0, 0.05) is 11.1 Å². The fourth-order valence-electron chi connectivity index (χ4n) is 2.27. The van der Waals surface area contributed by atoms with E-state index in [1.54, 1.807) is 0 Å². The van der Waals surface area contributed by atoms with E-state index >= 15 is 0 Å². The first-order chi connectivity index (χ1) is 6.81. The third kappa shape index (κ3) is 2.01. The van der Waals surface area contributed by atoms with E-state index in [1.807, 2.05) is 0 Å². The number of hydrogen-bond acceptors (Lipinski definition) is 1. The second-order valence-electron chi connectivity index (χ2n) is 4.00. The van der Waals surface area contributed by atoms with Crippen molar-refractivity contribution < 1.29 is 5.11 Å². The highest BCUT2D eigenvalue weighted by atomic mass is 79.9. The molecule has 1 aliphatic carbocycles. The lowest BCUT2D eigenvalue weighted by Gasteiger charge is -2.24. The number of benzene rings is 1. The lowest BCUT2D eigenvalue weighted by Crippen LogP contribution is -2.15. The van der Waals surface area contributed by atoms with Crippen LogP contribution in [0.25, 0.3) is 0 Å². The third-order valence-electron chi connectivity index (χ3n) is 3.06. The van der Waals surface area contributed by atoms with E-state index in [0.717, 1.165) is 19.3 Å². The van der Waals surface area contributed by atoms with E-state index in [9.17, 15) is 0 Å². The van der Waals surface area contributed by atoms with Crippen LogP contribution in [0.3, 0.4) is 0 Å². The summed E-state index contributed by atoms with van der Waals surface area (Å²) in [4.78, 5) is 0. The molecule has 0 saturated heterocycles. The Bertz CT molecular complexity index is 322. The second-order valence-corrected chi connectivity index (χ2v) is 4.85. The predicted molar refractivity (Wildman–Crippen MR) is 61.4 cm³/mol. The lowest BCUT2D eigenvalue weighted by atomic mass is 9.82. The van der Waals surface area contributed by atoms with Gasteiger partial charge in [-0.25, -0.2) is 0 Å². The SMILES string of the molecule is OCCC1CCc2c(Br)cccc2C1. The topological polar surface area (TPSA) is 20.2 Å². The Kier molecular flexibility index (Phi) is 3.24. The van der Waals surface area contributed by atoms with Gasteiger partial charge < -0.3 is 5.11 Å². The van der Waals surface area contributed by atoms with E-state index < -0.39 is 0 Å². The minimum Gasteiger partial charge on any atom is -0.396 e. The zero-order chi connectivity index (χ0) is 9.97. The van der Waals surface area contributed by atoms with Gasteiger partial charge in [0.1, 0.15) is 0 Å². The number of aliphatic hydroxyl groups excluding tert-OH is 1. The first kappa shape index (κ1) is 10.2. The van der Waals surface area contributed by atoms with Crippen LogP contribution < -0.4 is 0 Å². The highest BCUT2D eigenvalue weighted by molar-refractivity contribution is 9.10. The lowest BCUT2D eigenvalue weighted by molar-refractivity contribution is 0.248. The Hall–Kier alpha value is -0.340. The normalized spacial score (nSPS) is 20.6. The van der Waals surface area contributed by atoms with Crippen molar-refractivity contribution in [2.45, 2.75) is 25.7 Å². The minimum atomic E-state index is 0.327. The molecular weight excluding hydrogens is 240 g/mol. The fourth-order valence-corrected chi connectivity index (χ4v) is 2.87. The number of rotatable bonds is 2. The molecule has 0 spiro atoms. The van der Waals surface area contributed by atoms with Crippen LogP contribution in [0.4, 0.5) is 0 Å². The van der Waals surface area contributed by atoms with Crippen molar-refractivity contribution >= 4 is 15.9 Å². The zero-order valence-corrected chi connectivity index (χ0v) is 9.76. The summed E-state index contributed by atoms with van der Waals surface area (Å²) >= 11 is 3.59. The first-order valence-corrected chi connectivity index (χ1v) is 5.97. The molecular formula is C12H15BrO. The highest BCUT2D eigenvalue weighted by Gasteiger charge is 2.19. The molecule has 1 aromatic carbocycles. The van der Waals surface area contributed by atoms with Crippen LogP contribution in [0.2, 0.25) is 0 Å². The number of hydrogen-bond donors (Lipinski definition) is 1. The summed E-state index contributed by atoms with van der Waals surface area (Å²) in [6, 6.07) is 6.43. The van der Waals surface area contributed by atoms with Gasteiger partial charge in [-0.2, -0.15) is 0 Å². The van der Waals surface area contributed by atoms with Crippen LogP contribution in [0, 0.1) is 5.92 Å². The number of halogens is 1. The van der Waals surface area contributed by atoms with Crippen molar-refractivity contribution in [3.8, 4) is 0 Å². The Morgan fingerprint density at radius 3 is 3.07 bits per heavy atom. The molecule has 76 valence electrons. The standard InChI is InChI=1S/C12H15BrO/c13-12-3-1-2-10-8-9(6-7-14)4-5-11(10)12/h1-3,9,14H,4-8H2. The van der Waals surface area contributed by atoms with Gasteiger partial charge in [0.15, 0.2) is 0 Å². The average Bonchev–Trinajstić information content (AvgIpc) is 2.18. The maximum Gasteiger partial charge on any atom is 0.0433 e. The van der Waals surface area contributed by atoms with Crippen molar-refractivity contribution in [3.63, 3.8) is 0 Å². The van der Waals surface area contributed by atoms with Crippen LogP contribution >= 0.6 is 15.9 Å². The van der Waals surface area contributed by atoms with Gasteiger partial charge in [-0.3, -0.25) is 0 Å². The van der Waals surface area contributed by atoms with Gasteiger partial charge in [-0.15, -0.1) is 0 Å². The van der Waals surface area contributed by atoms with Gasteiger partial charge in [0.2, 0.25) is 0 Å². The second kappa shape index (κ2) is 4.45. The van der Waals surface area contributed by atoms with Crippen LogP contribution in [0.1, 0.15) is 24.0 Å². The zero-order valence-electron chi connectivity index (χ0n) is 8.17. The Morgan fingerprint density at radius 2 is 2.29 bits per heavy atom. The molecule has 0 radical (unpaired) electrons. The highest BCUT2D eigenvalue weighted by Crippen LogP contribution is 2.31. The summed E-state index contributed by atoms with van der Waals surface area (Å²) in [5.74, 6) is 0.682. The number of aliphatic hydroxyl groups is 1. The molecule has 1 nitrogen and oxygen atoms in total. The van der Waals surface area contributed by atoms with Gasteiger partial charge in [-0.1, -0.05) is 28.1 Å². The van der Waals surface area contributed by atoms with E-state index in [-0.39, 0.29) is 0 Å². The van der Waals surface area contributed by atoms with Crippen LogP contribution in [-0.4, -0.2) is 11.7 Å². The molecule has 0 saturated carbocycles. The molecule has 2 heteroatoms. The largest absolute Gasteiger partial charge is 0.396 e. The van der Waals surface area contributed by atoms with Crippen molar-refractivity contribution in [1.29, 1.82) is 0 Å². The van der Waals surface area contributed by atoms with E-state index in [0.29, 0.717) is 12.5 Å². The summed E-state index contributed by atoms with van der Waals surface area (Å²) in [6.07, 6.45) is 4.46. The average molecular weight is 255 g/mol. The quantitative estimate of drug-likeness (QED) is 0.861. The molecule has 0 heterocycles. The van der Waals surface area contributed by atoms with Gasteiger partial charge in [0.25, 0.3) is 0 Å². The molecule has 1 N–H and O–H groups in total.